The second-order valence-corrected chi connectivity index (χ2v) is 5.49. The van der Waals surface area contributed by atoms with Crippen molar-refractivity contribution >= 4 is 15.9 Å². The summed E-state index contributed by atoms with van der Waals surface area (Å²) in [6, 6.07) is 1.64. The second kappa shape index (κ2) is 3.64. The van der Waals surface area contributed by atoms with Gasteiger partial charge in [-0.3, -0.25) is 0 Å². The van der Waals surface area contributed by atoms with Gasteiger partial charge in [-0.15, -0.1) is 0 Å². The number of phenols is 2. The third-order valence-electron chi connectivity index (χ3n) is 3.58. The zero-order chi connectivity index (χ0) is 12.1. The molecule has 2 rings (SSSR count). The van der Waals surface area contributed by atoms with Crippen molar-refractivity contribution in [3.63, 3.8) is 0 Å². The van der Waals surface area contributed by atoms with Gasteiger partial charge in [0.2, 0.25) is 0 Å². The minimum absolute atomic E-state index is 0.0336. The van der Waals surface area contributed by atoms with Crippen molar-refractivity contribution in [2.24, 2.45) is 5.73 Å². The Morgan fingerprint density at radius 2 is 2.00 bits per heavy atom. The highest BCUT2D eigenvalue weighted by Gasteiger charge is 2.49. The normalized spacial score (nSPS) is 19.5. The van der Waals surface area contributed by atoms with Crippen LogP contribution in [0.1, 0.15) is 30.9 Å². The molecule has 1 aromatic carbocycles. The van der Waals surface area contributed by atoms with Crippen LogP contribution in [-0.2, 0) is 5.41 Å². The molecule has 0 amide bonds. The molecule has 1 aromatic rings. The van der Waals surface area contributed by atoms with Gasteiger partial charge in [-0.05, 0) is 59.8 Å². The van der Waals surface area contributed by atoms with E-state index in [0.717, 1.165) is 24.0 Å². The van der Waals surface area contributed by atoms with Gasteiger partial charge in [0.1, 0.15) is 0 Å². The van der Waals surface area contributed by atoms with Crippen LogP contribution in [0.5, 0.6) is 11.5 Å². The van der Waals surface area contributed by atoms with E-state index in [-0.39, 0.29) is 23.0 Å². The van der Waals surface area contributed by atoms with Crippen LogP contribution in [-0.4, -0.2) is 16.3 Å². The standard InChI is InChI=1S/C12H16BrNO2/c1-6-5-8(15)11(16)10(13)9(6)12(3-4-12)7(2)14/h5,7,15-16H,3-4,14H2,1-2H3. The summed E-state index contributed by atoms with van der Waals surface area (Å²) in [6.07, 6.45) is 2.07. The Morgan fingerprint density at radius 3 is 2.44 bits per heavy atom. The fourth-order valence-electron chi connectivity index (χ4n) is 2.43. The van der Waals surface area contributed by atoms with Crippen LogP contribution in [0.15, 0.2) is 10.5 Å². The molecular formula is C12H16BrNO2. The average Bonchev–Trinajstić information content (AvgIpc) is 2.96. The van der Waals surface area contributed by atoms with Crippen LogP contribution in [0.4, 0.5) is 0 Å². The Bertz CT molecular complexity index is 439. The maximum Gasteiger partial charge on any atom is 0.172 e. The van der Waals surface area contributed by atoms with Crippen molar-refractivity contribution in [3.05, 3.63) is 21.7 Å². The lowest BCUT2D eigenvalue weighted by Gasteiger charge is -2.24. The topological polar surface area (TPSA) is 66.5 Å². The molecule has 1 saturated carbocycles. The minimum atomic E-state index is -0.0903. The summed E-state index contributed by atoms with van der Waals surface area (Å²) in [5, 5.41) is 19.3. The molecule has 3 nitrogen and oxygen atoms in total. The van der Waals surface area contributed by atoms with E-state index in [0.29, 0.717) is 4.47 Å². The number of aromatic hydroxyl groups is 2. The summed E-state index contributed by atoms with van der Waals surface area (Å²) in [7, 11) is 0. The lowest BCUT2D eigenvalue weighted by Crippen LogP contribution is -2.32. The highest BCUT2D eigenvalue weighted by Crippen LogP contribution is 2.56. The SMILES string of the molecule is Cc1cc(O)c(O)c(Br)c1C1(C(C)N)CC1. The largest absolute Gasteiger partial charge is 0.504 e. The van der Waals surface area contributed by atoms with Crippen molar-refractivity contribution in [1.82, 2.24) is 0 Å². The number of hydrogen-bond donors (Lipinski definition) is 3. The number of rotatable bonds is 2. The van der Waals surface area contributed by atoms with E-state index in [1.54, 1.807) is 6.07 Å². The molecule has 4 heteroatoms. The Balaban J connectivity index is 2.62. The summed E-state index contributed by atoms with van der Waals surface area (Å²) in [5.41, 5.74) is 8.00. The monoisotopic (exact) mass is 285 g/mol. The van der Waals surface area contributed by atoms with Gasteiger partial charge in [-0.2, -0.15) is 0 Å². The molecule has 88 valence electrons. The van der Waals surface area contributed by atoms with Crippen LogP contribution < -0.4 is 5.73 Å². The van der Waals surface area contributed by atoms with Crippen LogP contribution in [0.3, 0.4) is 0 Å². The first-order valence-corrected chi connectivity index (χ1v) is 6.16. The van der Waals surface area contributed by atoms with Crippen LogP contribution in [0.2, 0.25) is 0 Å². The Hall–Kier alpha value is -0.740. The van der Waals surface area contributed by atoms with Gasteiger partial charge < -0.3 is 15.9 Å². The third-order valence-corrected chi connectivity index (χ3v) is 4.35. The molecule has 0 radical (unpaired) electrons. The van der Waals surface area contributed by atoms with E-state index >= 15 is 0 Å². The maximum atomic E-state index is 9.75. The van der Waals surface area contributed by atoms with Gasteiger partial charge >= 0.3 is 0 Å². The zero-order valence-corrected chi connectivity index (χ0v) is 11.0. The Kier molecular flexibility index (Phi) is 2.67. The van der Waals surface area contributed by atoms with Gasteiger partial charge in [0.25, 0.3) is 0 Å². The lowest BCUT2D eigenvalue weighted by atomic mass is 9.86. The molecular weight excluding hydrogens is 270 g/mol. The first kappa shape index (κ1) is 11.7. The molecule has 1 atom stereocenters. The van der Waals surface area contributed by atoms with Crippen molar-refractivity contribution in [3.8, 4) is 11.5 Å². The van der Waals surface area contributed by atoms with Crippen LogP contribution >= 0.6 is 15.9 Å². The smallest absolute Gasteiger partial charge is 0.172 e. The maximum absolute atomic E-state index is 9.75. The first-order chi connectivity index (χ1) is 7.40. The molecule has 1 aliphatic rings. The van der Waals surface area contributed by atoms with Gasteiger partial charge in [-0.25, -0.2) is 0 Å². The molecule has 0 spiro atoms. The predicted octanol–water partition coefficient (Wildman–Crippen LogP) is 2.55. The molecule has 1 fully saturated rings. The highest BCUT2D eigenvalue weighted by atomic mass is 79.9. The number of halogens is 1. The summed E-state index contributed by atoms with van der Waals surface area (Å²) >= 11 is 3.36. The van der Waals surface area contributed by atoms with Crippen molar-refractivity contribution in [2.75, 3.05) is 0 Å². The molecule has 1 unspecified atom stereocenters. The highest BCUT2D eigenvalue weighted by molar-refractivity contribution is 9.10. The zero-order valence-electron chi connectivity index (χ0n) is 9.42. The van der Waals surface area contributed by atoms with E-state index in [2.05, 4.69) is 15.9 Å². The van der Waals surface area contributed by atoms with Crippen molar-refractivity contribution in [1.29, 1.82) is 0 Å². The van der Waals surface area contributed by atoms with Gasteiger partial charge in [-0.1, -0.05) is 0 Å². The van der Waals surface area contributed by atoms with E-state index in [4.69, 9.17) is 5.73 Å². The van der Waals surface area contributed by atoms with Gasteiger partial charge in [0.15, 0.2) is 11.5 Å². The summed E-state index contributed by atoms with van der Waals surface area (Å²) < 4.78 is 0.583. The summed E-state index contributed by atoms with van der Waals surface area (Å²) in [4.78, 5) is 0. The molecule has 0 aliphatic heterocycles. The first-order valence-electron chi connectivity index (χ1n) is 5.37. The molecule has 4 N–H and O–H groups in total. The number of hydrogen-bond acceptors (Lipinski definition) is 3. The molecule has 0 aromatic heterocycles. The van der Waals surface area contributed by atoms with Crippen molar-refractivity contribution in [2.45, 2.75) is 38.1 Å². The molecule has 0 heterocycles. The second-order valence-electron chi connectivity index (χ2n) is 4.69. The van der Waals surface area contributed by atoms with Crippen molar-refractivity contribution < 1.29 is 10.2 Å². The quantitative estimate of drug-likeness (QED) is 0.732. The Morgan fingerprint density at radius 1 is 1.44 bits per heavy atom. The van der Waals surface area contributed by atoms with Gasteiger partial charge in [0.05, 0.1) is 4.47 Å². The minimum Gasteiger partial charge on any atom is -0.504 e. The summed E-state index contributed by atoms with van der Waals surface area (Å²) in [6.45, 7) is 3.92. The van der Waals surface area contributed by atoms with Crippen LogP contribution in [0.25, 0.3) is 0 Å². The molecule has 0 saturated heterocycles. The summed E-state index contributed by atoms with van der Waals surface area (Å²) in [5.74, 6) is -0.180. The van der Waals surface area contributed by atoms with E-state index < -0.39 is 0 Å². The third kappa shape index (κ3) is 1.52. The number of nitrogens with two attached hydrogens (primary N) is 1. The fourth-order valence-corrected chi connectivity index (χ4v) is 3.34. The van der Waals surface area contributed by atoms with E-state index in [9.17, 15) is 10.2 Å². The van der Waals surface area contributed by atoms with E-state index in [1.807, 2.05) is 13.8 Å². The number of benzene rings is 1. The number of aryl methyl sites for hydroxylation is 1. The predicted molar refractivity (Wildman–Crippen MR) is 66.8 cm³/mol. The average molecular weight is 286 g/mol. The Labute approximate surface area is 103 Å². The van der Waals surface area contributed by atoms with Crippen LogP contribution in [0, 0.1) is 6.92 Å². The molecule has 1 aliphatic carbocycles. The number of phenolic OH excluding ortho intramolecular Hbond substituents is 2. The lowest BCUT2D eigenvalue weighted by molar-refractivity contribution is 0.398. The molecule has 16 heavy (non-hydrogen) atoms. The fraction of sp³-hybridized carbons (Fsp3) is 0.500. The van der Waals surface area contributed by atoms with E-state index in [1.165, 1.54) is 0 Å². The van der Waals surface area contributed by atoms with Gasteiger partial charge in [0, 0.05) is 11.5 Å². The molecule has 0 bridgehead atoms.